The molecule has 0 radical (unpaired) electrons. The smallest absolute Gasteiger partial charge is 0.331 e. The Bertz CT molecular complexity index is 792. The van der Waals surface area contributed by atoms with Crippen molar-refractivity contribution in [2.45, 2.75) is 0 Å². The fourth-order valence-electron chi connectivity index (χ4n) is 2.05. The highest BCUT2D eigenvalue weighted by molar-refractivity contribution is 9.10. The Kier molecular flexibility index (Phi) is 5.00. The molecule has 7 heteroatoms. The van der Waals surface area contributed by atoms with Crippen molar-refractivity contribution in [3.63, 3.8) is 0 Å². The number of ketones is 1. The number of carbonyl (C=O) groups excluding carboxylic acids is 2. The molecule has 3 rings (SSSR count). The van der Waals surface area contributed by atoms with Crippen LogP contribution in [0.2, 0.25) is 0 Å². The molecule has 1 aromatic carbocycles. The Morgan fingerprint density at radius 1 is 1.12 bits per heavy atom. The fraction of sp³-hybridized carbons (Fsp3) is 0.176. The van der Waals surface area contributed by atoms with Crippen LogP contribution in [0.5, 0.6) is 11.5 Å². The maximum absolute atomic E-state index is 12.1. The van der Waals surface area contributed by atoms with E-state index in [0.29, 0.717) is 40.7 Å². The van der Waals surface area contributed by atoms with E-state index >= 15 is 0 Å². The number of rotatable bonds is 5. The van der Waals surface area contributed by atoms with E-state index in [0.717, 1.165) is 0 Å². The Labute approximate surface area is 146 Å². The van der Waals surface area contributed by atoms with Gasteiger partial charge in [-0.25, -0.2) is 4.79 Å². The molecular formula is C17H13BrO6. The van der Waals surface area contributed by atoms with Crippen LogP contribution in [0.15, 0.2) is 45.5 Å². The van der Waals surface area contributed by atoms with Gasteiger partial charge in [-0.3, -0.25) is 4.79 Å². The number of hydrogen-bond donors (Lipinski definition) is 0. The summed E-state index contributed by atoms with van der Waals surface area (Å²) < 4.78 is 21.5. The van der Waals surface area contributed by atoms with Crippen LogP contribution in [0.1, 0.15) is 16.1 Å². The summed E-state index contributed by atoms with van der Waals surface area (Å²) in [6.45, 7) is 0.564. The van der Waals surface area contributed by atoms with Crippen molar-refractivity contribution in [3.8, 4) is 11.5 Å². The van der Waals surface area contributed by atoms with E-state index in [2.05, 4.69) is 15.9 Å². The Hall–Kier alpha value is -2.54. The fourth-order valence-corrected chi connectivity index (χ4v) is 2.37. The quantitative estimate of drug-likeness (QED) is 0.441. The minimum atomic E-state index is -0.631. The lowest BCUT2D eigenvalue weighted by Gasteiger charge is -2.18. The number of carbonyl (C=O) groups is 2. The van der Waals surface area contributed by atoms with E-state index in [1.807, 2.05) is 0 Å². The van der Waals surface area contributed by atoms with Gasteiger partial charge in [0.05, 0.1) is 0 Å². The van der Waals surface area contributed by atoms with Gasteiger partial charge < -0.3 is 18.6 Å². The van der Waals surface area contributed by atoms with Crippen LogP contribution < -0.4 is 9.47 Å². The molecule has 1 aliphatic rings. The molecule has 0 bridgehead atoms. The zero-order valence-electron chi connectivity index (χ0n) is 12.5. The standard InChI is InChI=1S/C17H13BrO6/c18-16-5-2-12(24-16)3-6-17(20)23-10-13(19)11-1-4-14-15(9-11)22-8-7-21-14/h1-6,9H,7-8,10H2/b6-3+. The Morgan fingerprint density at radius 3 is 2.67 bits per heavy atom. The molecule has 0 amide bonds. The molecule has 0 aliphatic carbocycles. The molecule has 2 heterocycles. The van der Waals surface area contributed by atoms with E-state index in [1.54, 1.807) is 30.3 Å². The van der Waals surface area contributed by atoms with Gasteiger partial charge in [-0.1, -0.05) is 0 Å². The third-order valence-electron chi connectivity index (χ3n) is 3.19. The SMILES string of the molecule is O=C(/C=C/c1ccc(Br)o1)OCC(=O)c1ccc2c(c1)OCCO2. The minimum Gasteiger partial charge on any atom is -0.486 e. The van der Waals surface area contributed by atoms with Crippen molar-refractivity contribution in [1.29, 1.82) is 0 Å². The summed E-state index contributed by atoms with van der Waals surface area (Å²) in [4.78, 5) is 23.7. The van der Waals surface area contributed by atoms with E-state index in [-0.39, 0.29) is 12.4 Å². The van der Waals surface area contributed by atoms with Crippen LogP contribution in [0.4, 0.5) is 0 Å². The predicted octanol–water partition coefficient (Wildman–Crippen LogP) is 3.25. The van der Waals surface area contributed by atoms with E-state index in [1.165, 1.54) is 12.2 Å². The first-order chi connectivity index (χ1) is 11.6. The Morgan fingerprint density at radius 2 is 1.92 bits per heavy atom. The van der Waals surface area contributed by atoms with Gasteiger partial charge in [-0.2, -0.15) is 0 Å². The van der Waals surface area contributed by atoms with E-state index < -0.39 is 5.97 Å². The van der Waals surface area contributed by atoms with Crippen molar-refractivity contribution in [3.05, 3.63) is 52.4 Å². The lowest BCUT2D eigenvalue weighted by molar-refractivity contribution is -0.136. The molecule has 6 nitrogen and oxygen atoms in total. The van der Waals surface area contributed by atoms with Crippen molar-refractivity contribution >= 4 is 33.8 Å². The summed E-state index contributed by atoms with van der Waals surface area (Å²) in [6, 6.07) is 8.25. The lowest BCUT2D eigenvalue weighted by Crippen LogP contribution is -2.17. The molecular weight excluding hydrogens is 380 g/mol. The number of esters is 1. The lowest BCUT2D eigenvalue weighted by atomic mass is 10.1. The average Bonchev–Trinajstić information content (AvgIpc) is 3.02. The van der Waals surface area contributed by atoms with Gasteiger partial charge in [0, 0.05) is 11.6 Å². The third-order valence-corrected chi connectivity index (χ3v) is 3.61. The summed E-state index contributed by atoms with van der Waals surface area (Å²) in [5.41, 5.74) is 0.394. The number of ether oxygens (including phenoxy) is 3. The topological polar surface area (TPSA) is 75.0 Å². The maximum Gasteiger partial charge on any atom is 0.331 e. The molecule has 0 saturated carbocycles. The summed E-state index contributed by atoms with van der Waals surface area (Å²) >= 11 is 3.16. The molecule has 0 atom stereocenters. The first-order valence-corrected chi connectivity index (χ1v) is 7.94. The van der Waals surface area contributed by atoms with Gasteiger partial charge >= 0.3 is 5.97 Å². The highest BCUT2D eigenvalue weighted by Crippen LogP contribution is 2.30. The van der Waals surface area contributed by atoms with Crippen LogP contribution in [0, 0.1) is 0 Å². The molecule has 0 N–H and O–H groups in total. The zero-order chi connectivity index (χ0) is 16.9. The summed E-state index contributed by atoms with van der Waals surface area (Å²) in [7, 11) is 0. The molecule has 1 aromatic heterocycles. The first-order valence-electron chi connectivity index (χ1n) is 7.15. The second-order valence-corrected chi connectivity index (χ2v) is 5.65. The second-order valence-electron chi connectivity index (χ2n) is 4.86. The number of halogens is 1. The zero-order valence-corrected chi connectivity index (χ0v) is 14.1. The number of fused-ring (bicyclic) bond motifs is 1. The molecule has 0 fully saturated rings. The number of hydrogen-bond acceptors (Lipinski definition) is 6. The average molecular weight is 393 g/mol. The van der Waals surface area contributed by atoms with Gasteiger partial charge in [-0.15, -0.1) is 0 Å². The van der Waals surface area contributed by atoms with Gasteiger partial charge in [0.2, 0.25) is 0 Å². The Balaban J connectivity index is 1.55. The molecule has 0 saturated heterocycles. The van der Waals surface area contributed by atoms with Crippen LogP contribution >= 0.6 is 15.9 Å². The summed E-state index contributed by atoms with van der Waals surface area (Å²) in [5, 5.41) is 0. The molecule has 1 aliphatic heterocycles. The van der Waals surface area contributed by atoms with Crippen LogP contribution in [0.25, 0.3) is 6.08 Å². The summed E-state index contributed by atoms with van der Waals surface area (Å²) in [6.07, 6.45) is 2.66. The second kappa shape index (κ2) is 7.35. The van der Waals surface area contributed by atoms with Gasteiger partial charge in [0.25, 0.3) is 0 Å². The normalized spacial score (nSPS) is 13.0. The number of Topliss-reactive ketones (excluding diaryl/α,β-unsaturated/α-hetero) is 1. The molecule has 24 heavy (non-hydrogen) atoms. The molecule has 2 aromatic rings. The van der Waals surface area contributed by atoms with Crippen LogP contribution in [-0.4, -0.2) is 31.6 Å². The van der Waals surface area contributed by atoms with E-state index in [4.69, 9.17) is 18.6 Å². The van der Waals surface area contributed by atoms with Gasteiger partial charge in [-0.05, 0) is 52.3 Å². The largest absolute Gasteiger partial charge is 0.486 e. The molecule has 0 unspecified atom stereocenters. The van der Waals surface area contributed by atoms with E-state index in [9.17, 15) is 9.59 Å². The minimum absolute atomic E-state index is 0.325. The predicted molar refractivity (Wildman–Crippen MR) is 88.2 cm³/mol. The molecule has 0 spiro atoms. The van der Waals surface area contributed by atoms with Crippen LogP contribution in [-0.2, 0) is 9.53 Å². The van der Waals surface area contributed by atoms with Crippen LogP contribution in [0.3, 0.4) is 0 Å². The highest BCUT2D eigenvalue weighted by atomic mass is 79.9. The van der Waals surface area contributed by atoms with Crippen molar-refractivity contribution in [2.75, 3.05) is 19.8 Å². The first kappa shape index (κ1) is 16.3. The molecule has 124 valence electrons. The van der Waals surface area contributed by atoms with Crippen molar-refractivity contribution in [1.82, 2.24) is 0 Å². The number of benzene rings is 1. The van der Waals surface area contributed by atoms with Gasteiger partial charge in [0.1, 0.15) is 19.0 Å². The van der Waals surface area contributed by atoms with Crippen molar-refractivity contribution < 1.29 is 28.2 Å². The summed E-state index contributed by atoms with van der Waals surface area (Å²) in [5.74, 6) is 0.656. The monoisotopic (exact) mass is 392 g/mol. The highest BCUT2D eigenvalue weighted by Gasteiger charge is 2.15. The number of furan rings is 1. The van der Waals surface area contributed by atoms with Crippen molar-refractivity contribution in [2.24, 2.45) is 0 Å². The van der Waals surface area contributed by atoms with Gasteiger partial charge in [0.15, 0.2) is 28.6 Å². The maximum atomic E-state index is 12.1. The third kappa shape index (κ3) is 4.05.